The number of thiophene rings is 1. The summed E-state index contributed by atoms with van der Waals surface area (Å²) in [4.78, 5) is 34.3. The van der Waals surface area contributed by atoms with Crippen molar-refractivity contribution in [1.82, 2.24) is 14.9 Å². The van der Waals surface area contributed by atoms with E-state index >= 15 is 0 Å². The van der Waals surface area contributed by atoms with Gasteiger partial charge in [0, 0.05) is 12.6 Å². The van der Waals surface area contributed by atoms with Crippen molar-refractivity contribution in [2.24, 2.45) is 0 Å². The number of nitrogens with one attached hydrogen (secondary N) is 1. The first-order valence-electron chi connectivity index (χ1n) is 7.96. The van der Waals surface area contributed by atoms with Crippen molar-refractivity contribution >= 4 is 39.2 Å². The topological polar surface area (TPSA) is 66.1 Å². The third-order valence-electron chi connectivity index (χ3n) is 3.84. The second kappa shape index (κ2) is 8.49. The molecule has 1 amide bonds. The monoisotopic (exact) mass is 353 g/mol. The lowest BCUT2D eigenvalue weighted by Gasteiger charge is -2.28. The number of rotatable bonds is 8. The van der Waals surface area contributed by atoms with Gasteiger partial charge in [0.15, 0.2) is 5.16 Å². The Kier molecular flexibility index (Phi) is 6.65. The van der Waals surface area contributed by atoms with Crippen molar-refractivity contribution in [2.45, 2.75) is 51.2 Å². The van der Waals surface area contributed by atoms with E-state index in [1.807, 2.05) is 10.3 Å². The zero-order valence-electron chi connectivity index (χ0n) is 13.8. The molecule has 0 aliphatic rings. The van der Waals surface area contributed by atoms with Crippen molar-refractivity contribution in [1.29, 1.82) is 0 Å². The molecule has 0 aromatic carbocycles. The van der Waals surface area contributed by atoms with Gasteiger partial charge in [0.1, 0.15) is 4.83 Å². The van der Waals surface area contributed by atoms with E-state index in [-0.39, 0.29) is 17.5 Å². The minimum absolute atomic E-state index is 0.103. The van der Waals surface area contributed by atoms with Gasteiger partial charge in [-0.25, -0.2) is 4.98 Å². The second-order valence-corrected chi connectivity index (χ2v) is 7.36. The Morgan fingerprint density at radius 1 is 1.48 bits per heavy atom. The van der Waals surface area contributed by atoms with Crippen molar-refractivity contribution in [3.8, 4) is 0 Å². The van der Waals surface area contributed by atoms with Crippen LogP contribution in [-0.4, -0.2) is 39.1 Å². The van der Waals surface area contributed by atoms with Gasteiger partial charge in [-0.2, -0.15) is 0 Å². The number of carbonyl (C=O) groups is 1. The van der Waals surface area contributed by atoms with Crippen LogP contribution in [0.5, 0.6) is 0 Å². The quantitative estimate of drug-likeness (QED) is 0.583. The summed E-state index contributed by atoms with van der Waals surface area (Å²) in [6, 6.07) is 2.00. The van der Waals surface area contributed by atoms with Gasteiger partial charge in [-0.1, -0.05) is 32.0 Å². The molecule has 0 aliphatic heterocycles. The fourth-order valence-electron chi connectivity index (χ4n) is 2.27. The van der Waals surface area contributed by atoms with E-state index < -0.39 is 0 Å². The molecular formula is C16H23N3O2S2. The van der Waals surface area contributed by atoms with Gasteiger partial charge in [0.05, 0.1) is 11.1 Å². The van der Waals surface area contributed by atoms with Gasteiger partial charge >= 0.3 is 0 Å². The summed E-state index contributed by atoms with van der Waals surface area (Å²) >= 11 is 2.74. The van der Waals surface area contributed by atoms with E-state index in [9.17, 15) is 9.59 Å². The van der Waals surface area contributed by atoms with Crippen LogP contribution in [-0.2, 0) is 4.79 Å². The van der Waals surface area contributed by atoms with Gasteiger partial charge in [0.25, 0.3) is 5.56 Å². The van der Waals surface area contributed by atoms with Crippen LogP contribution >= 0.6 is 23.1 Å². The summed E-state index contributed by atoms with van der Waals surface area (Å²) < 4.78 is 0. The molecule has 0 fully saturated rings. The molecule has 0 spiro atoms. The number of aromatic amines is 1. The Bertz CT molecular complexity index is 711. The average Bonchev–Trinajstić information content (AvgIpc) is 3.02. The summed E-state index contributed by atoms with van der Waals surface area (Å²) in [6.45, 7) is 7.08. The Morgan fingerprint density at radius 3 is 2.96 bits per heavy atom. The van der Waals surface area contributed by atoms with Crippen LogP contribution in [0.15, 0.2) is 21.4 Å². The Balaban J connectivity index is 2.04. The number of fused-ring (bicyclic) bond motifs is 1. The second-order valence-electron chi connectivity index (χ2n) is 5.50. The molecule has 0 radical (unpaired) electrons. The maximum atomic E-state index is 12.5. The minimum atomic E-state index is -0.143. The molecule has 0 saturated carbocycles. The van der Waals surface area contributed by atoms with Gasteiger partial charge in [-0.15, -0.1) is 11.3 Å². The normalized spacial score (nSPS) is 12.5. The predicted molar refractivity (Wildman–Crippen MR) is 97.3 cm³/mol. The zero-order valence-corrected chi connectivity index (χ0v) is 15.4. The Labute approximate surface area is 144 Å². The molecule has 0 aliphatic carbocycles. The highest BCUT2D eigenvalue weighted by molar-refractivity contribution is 7.99. The van der Waals surface area contributed by atoms with Gasteiger partial charge in [-0.3, -0.25) is 9.59 Å². The fraction of sp³-hybridized carbons (Fsp3) is 0.562. The first-order valence-corrected chi connectivity index (χ1v) is 9.83. The Morgan fingerprint density at radius 2 is 2.26 bits per heavy atom. The molecule has 0 unspecified atom stereocenters. The largest absolute Gasteiger partial charge is 0.339 e. The standard InChI is InChI=1S/C16H23N3O2S2/c1-4-6-8-19(11(3)5-2)13(20)10-23-16-17-14(21)12-7-9-22-15(12)18-16/h7,9,11H,4-6,8,10H2,1-3H3,(H,17,18,21)/t11-/m0/s1. The van der Waals surface area contributed by atoms with Crippen LogP contribution in [0.4, 0.5) is 0 Å². The van der Waals surface area contributed by atoms with Crippen molar-refractivity contribution in [3.63, 3.8) is 0 Å². The first-order chi connectivity index (χ1) is 11.1. The number of hydrogen-bond acceptors (Lipinski definition) is 5. The third-order valence-corrected chi connectivity index (χ3v) is 5.51. The van der Waals surface area contributed by atoms with Gasteiger partial charge in [-0.05, 0) is 31.2 Å². The number of nitrogens with zero attached hydrogens (tertiary/aromatic N) is 2. The number of thioether (sulfide) groups is 1. The summed E-state index contributed by atoms with van der Waals surface area (Å²) in [6.07, 6.45) is 3.02. The van der Waals surface area contributed by atoms with E-state index in [1.165, 1.54) is 23.1 Å². The highest BCUT2D eigenvalue weighted by Gasteiger charge is 2.19. The van der Waals surface area contributed by atoms with Crippen LogP contribution in [0.1, 0.15) is 40.0 Å². The number of aromatic nitrogens is 2. The molecular weight excluding hydrogens is 330 g/mol. The minimum Gasteiger partial charge on any atom is -0.339 e. The molecule has 0 bridgehead atoms. The summed E-state index contributed by atoms with van der Waals surface area (Å²) in [7, 11) is 0. The molecule has 1 N–H and O–H groups in total. The molecule has 7 heteroatoms. The van der Waals surface area contributed by atoms with Crippen molar-refractivity contribution in [2.75, 3.05) is 12.3 Å². The van der Waals surface area contributed by atoms with E-state index in [4.69, 9.17) is 0 Å². The van der Waals surface area contributed by atoms with Gasteiger partial charge in [0.2, 0.25) is 5.91 Å². The fourth-order valence-corrected chi connectivity index (χ4v) is 3.84. The lowest BCUT2D eigenvalue weighted by atomic mass is 10.2. The Hall–Kier alpha value is -1.34. The van der Waals surface area contributed by atoms with E-state index in [0.717, 1.165) is 25.8 Å². The highest BCUT2D eigenvalue weighted by Crippen LogP contribution is 2.19. The van der Waals surface area contributed by atoms with E-state index in [1.54, 1.807) is 6.07 Å². The highest BCUT2D eigenvalue weighted by atomic mass is 32.2. The van der Waals surface area contributed by atoms with E-state index in [2.05, 4.69) is 30.7 Å². The number of H-pyrrole nitrogens is 1. The molecule has 0 saturated heterocycles. The molecule has 2 aromatic rings. The van der Waals surface area contributed by atoms with Crippen molar-refractivity contribution < 1.29 is 4.79 Å². The number of amides is 1. The maximum absolute atomic E-state index is 12.5. The number of unbranched alkanes of at least 4 members (excludes halogenated alkanes) is 1. The van der Waals surface area contributed by atoms with Gasteiger partial charge < -0.3 is 9.88 Å². The molecule has 5 nitrogen and oxygen atoms in total. The summed E-state index contributed by atoms with van der Waals surface area (Å²) in [5.41, 5.74) is -0.143. The van der Waals surface area contributed by atoms with Crippen LogP contribution < -0.4 is 5.56 Å². The smallest absolute Gasteiger partial charge is 0.260 e. The molecule has 126 valence electrons. The average molecular weight is 354 g/mol. The molecule has 23 heavy (non-hydrogen) atoms. The zero-order chi connectivity index (χ0) is 16.8. The molecule has 1 atom stereocenters. The molecule has 2 aromatic heterocycles. The summed E-state index contributed by atoms with van der Waals surface area (Å²) in [5, 5.41) is 2.97. The van der Waals surface area contributed by atoms with Crippen LogP contribution in [0.25, 0.3) is 10.2 Å². The maximum Gasteiger partial charge on any atom is 0.260 e. The number of carbonyl (C=O) groups excluding carboxylic acids is 1. The van der Waals surface area contributed by atoms with E-state index in [0.29, 0.717) is 21.1 Å². The molecule has 2 rings (SSSR count). The lowest BCUT2D eigenvalue weighted by molar-refractivity contribution is -0.130. The number of hydrogen-bond donors (Lipinski definition) is 1. The van der Waals surface area contributed by atoms with Crippen LogP contribution in [0, 0.1) is 0 Å². The summed E-state index contributed by atoms with van der Waals surface area (Å²) in [5.74, 6) is 0.403. The van der Waals surface area contributed by atoms with Crippen LogP contribution in [0.2, 0.25) is 0 Å². The van der Waals surface area contributed by atoms with Crippen molar-refractivity contribution in [3.05, 3.63) is 21.8 Å². The molecule has 2 heterocycles. The lowest BCUT2D eigenvalue weighted by Crippen LogP contribution is -2.40. The third kappa shape index (κ3) is 4.57. The van der Waals surface area contributed by atoms with Crippen LogP contribution in [0.3, 0.4) is 0 Å². The predicted octanol–water partition coefficient (Wildman–Crippen LogP) is 3.50. The SMILES string of the molecule is CCCCN(C(=O)CSc1nc2sccc2c(=O)[nH]1)[C@@H](C)CC. The first kappa shape index (κ1) is 18.0.